The largest absolute Gasteiger partial charge is 0.390 e. The van der Waals surface area contributed by atoms with E-state index in [4.69, 9.17) is 0 Å². The normalized spacial score (nSPS) is 15.0. The average Bonchev–Trinajstić information content (AvgIpc) is 2.11. The lowest BCUT2D eigenvalue weighted by atomic mass is 9.95. The molecule has 0 unspecified atom stereocenters. The van der Waals surface area contributed by atoms with Crippen molar-refractivity contribution in [2.75, 3.05) is 0 Å². The van der Waals surface area contributed by atoms with Gasteiger partial charge in [-0.05, 0) is 47.0 Å². The summed E-state index contributed by atoms with van der Waals surface area (Å²) < 4.78 is 0. The molecule has 2 N–H and O–H groups in total. The highest BCUT2D eigenvalue weighted by molar-refractivity contribution is 5.75. The minimum Gasteiger partial charge on any atom is -0.390 e. The molecule has 0 saturated carbocycles. The summed E-state index contributed by atoms with van der Waals surface area (Å²) >= 11 is 0. The molecule has 0 aliphatic carbocycles. The van der Waals surface area contributed by atoms with Crippen LogP contribution < -0.4 is 0 Å². The van der Waals surface area contributed by atoms with Crippen LogP contribution in [0.25, 0.3) is 0 Å². The number of carbonyl (C=O) groups excluding carboxylic acids is 1. The minimum atomic E-state index is -1.04. The van der Waals surface area contributed by atoms with Gasteiger partial charge in [-0.2, -0.15) is 0 Å². The molecular weight excluding hydrogens is 204 g/mol. The molecule has 0 spiro atoms. The van der Waals surface area contributed by atoms with E-state index in [0.29, 0.717) is 12.8 Å². The Bertz CT molecular complexity index is 248. The van der Waals surface area contributed by atoms with Crippen LogP contribution in [0.3, 0.4) is 0 Å². The molecule has 0 amide bonds. The summed E-state index contributed by atoms with van der Waals surface area (Å²) in [7, 11) is 0. The lowest BCUT2D eigenvalue weighted by Gasteiger charge is -2.24. The van der Waals surface area contributed by atoms with Gasteiger partial charge < -0.3 is 15.0 Å². The molecule has 0 fully saturated rings. The van der Waals surface area contributed by atoms with E-state index in [1.165, 1.54) is 0 Å². The molecular formula is C13H24O3. The van der Waals surface area contributed by atoms with E-state index in [0.717, 1.165) is 18.4 Å². The maximum Gasteiger partial charge on any atom is 0.130 e. The third kappa shape index (κ3) is 7.60. The van der Waals surface area contributed by atoms with Crippen LogP contribution in [0.5, 0.6) is 0 Å². The van der Waals surface area contributed by atoms with E-state index < -0.39 is 11.7 Å². The molecule has 1 atom stereocenters. The number of aliphatic hydroxyl groups is 2. The lowest BCUT2D eigenvalue weighted by Crippen LogP contribution is -2.35. The zero-order valence-corrected chi connectivity index (χ0v) is 10.8. The van der Waals surface area contributed by atoms with Crippen molar-refractivity contribution in [2.24, 2.45) is 0 Å². The fourth-order valence-corrected chi connectivity index (χ4v) is 1.34. The number of allylic oxidation sites excluding steroid dienone is 2. The van der Waals surface area contributed by atoms with Crippen molar-refractivity contribution in [3.05, 3.63) is 11.6 Å². The molecule has 16 heavy (non-hydrogen) atoms. The van der Waals surface area contributed by atoms with Crippen molar-refractivity contribution >= 4 is 5.78 Å². The topological polar surface area (TPSA) is 57.5 Å². The van der Waals surface area contributed by atoms with Gasteiger partial charge in [-0.25, -0.2) is 0 Å². The second kappa shape index (κ2) is 6.81. The Balaban J connectivity index is 3.88. The molecule has 0 rings (SSSR count). The predicted octanol–water partition coefficient (Wildman–Crippen LogP) is 2.21. The van der Waals surface area contributed by atoms with Crippen LogP contribution in [0.4, 0.5) is 0 Å². The molecule has 0 aromatic heterocycles. The summed E-state index contributed by atoms with van der Waals surface area (Å²) in [4.78, 5) is 10.7. The number of rotatable bonds is 7. The molecule has 94 valence electrons. The summed E-state index contributed by atoms with van der Waals surface area (Å²) in [5.41, 5.74) is 0.115. The molecule has 3 heteroatoms. The summed E-state index contributed by atoms with van der Waals surface area (Å²) in [5, 5.41) is 19.2. The Morgan fingerprint density at radius 1 is 1.31 bits per heavy atom. The monoisotopic (exact) mass is 228 g/mol. The van der Waals surface area contributed by atoms with Gasteiger partial charge in [-0.15, -0.1) is 0 Å². The van der Waals surface area contributed by atoms with Crippen molar-refractivity contribution in [1.29, 1.82) is 0 Å². The zero-order chi connectivity index (χ0) is 12.8. The van der Waals surface area contributed by atoms with Crippen LogP contribution in [-0.2, 0) is 4.79 Å². The fourth-order valence-electron chi connectivity index (χ4n) is 1.34. The van der Waals surface area contributed by atoms with Gasteiger partial charge in [0.25, 0.3) is 0 Å². The Labute approximate surface area is 98.2 Å². The minimum absolute atomic E-state index is 0.195. The maximum atomic E-state index is 10.7. The van der Waals surface area contributed by atoms with E-state index >= 15 is 0 Å². The second-order valence-corrected chi connectivity index (χ2v) is 5.00. The van der Waals surface area contributed by atoms with Crippen molar-refractivity contribution in [3.63, 3.8) is 0 Å². The van der Waals surface area contributed by atoms with Crippen LogP contribution in [-0.4, -0.2) is 27.7 Å². The Hall–Kier alpha value is -0.670. The van der Waals surface area contributed by atoms with E-state index in [1.807, 2.05) is 13.0 Å². The maximum absolute atomic E-state index is 10.7. The number of ketones is 1. The van der Waals surface area contributed by atoms with Gasteiger partial charge in [0.15, 0.2) is 0 Å². The van der Waals surface area contributed by atoms with Gasteiger partial charge in [0.05, 0.1) is 11.7 Å². The quantitative estimate of drug-likeness (QED) is 0.657. The number of Topliss-reactive ketones (excluding diaryl/α,β-unsaturated/α-hetero) is 1. The van der Waals surface area contributed by atoms with Crippen LogP contribution in [0.2, 0.25) is 0 Å². The van der Waals surface area contributed by atoms with Crippen molar-refractivity contribution in [3.8, 4) is 0 Å². The fraction of sp³-hybridized carbons (Fsp3) is 0.769. The van der Waals surface area contributed by atoms with Crippen molar-refractivity contribution < 1.29 is 15.0 Å². The Morgan fingerprint density at radius 3 is 2.31 bits per heavy atom. The molecule has 0 saturated heterocycles. The van der Waals surface area contributed by atoms with E-state index in [-0.39, 0.29) is 5.78 Å². The Morgan fingerprint density at radius 2 is 1.88 bits per heavy atom. The summed E-state index contributed by atoms with van der Waals surface area (Å²) in [5.74, 6) is 0.195. The van der Waals surface area contributed by atoms with Crippen LogP contribution in [0.15, 0.2) is 11.6 Å². The standard InChI is InChI=1S/C13H24O3/c1-10(6-5-7-11(2)14)8-9-12(15)13(3,4)16/h6,12,15-16H,5,7-9H2,1-4H3/b10-6+/t12-/m0/s1. The lowest BCUT2D eigenvalue weighted by molar-refractivity contribution is -0.116. The summed E-state index contributed by atoms with van der Waals surface area (Å²) in [6.45, 7) is 6.78. The number of aliphatic hydroxyl groups excluding tert-OH is 1. The van der Waals surface area contributed by atoms with Gasteiger partial charge in [-0.1, -0.05) is 11.6 Å². The van der Waals surface area contributed by atoms with E-state index in [2.05, 4.69) is 0 Å². The van der Waals surface area contributed by atoms with Crippen LogP contribution in [0.1, 0.15) is 53.4 Å². The summed E-state index contributed by atoms with van der Waals surface area (Å²) in [6, 6.07) is 0. The van der Waals surface area contributed by atoms with E-state index in [9.17, 15) is 15.0 Å². The molecule has 3 nitrogen and oxygen atoms in total. The number of carbonyl (C=O) groups is 1. The van der Waals surface area contributed by atoms with Crippen LogP contribution >= 0.6 is 0 Å². The van der Waals surface area contributed by atoms with Gasteiger partial charge in [0.2, 0.25) is 0 Å². The van der Waals surface area contributed by atoms with Gasteiger partial charge in [-0.3, -0.25) is 0 Å². The third-order valence-corrected chi connectivity index (χ3v) is 2.62. The first-order chi connectivity index (χ1) is 7.23. The highest BCUT2D eigenvalue weighted by atomic mass is 16.3. The number of hydrogen-bond acceptors (Lipinski definition) is 3. The molecule has 0 radical (unpaired) electrons. The SMILES string of the molecule is CC(=O)CC/C=C(\C)CC[C@H](O)C(C)(C)O. The molecule has 0 aliphatic rings. The Kier molecular flexibility index (Phi) is 6.53. The number of hydrogen-bond donors (Lipinski definition) is 2. The molecule has 0 aromatic carbocycles. The predicted molar refractivity (Wildman–Crippen MR) is 65.2 cm³/mol. The third-order valence-electron chi connectivity index (χ3n) is 2.62. The van der Waals surface area contributed by atoms with Crippen LogP contribution in [0, 0.1) is 0 Å². The van der Waals surface area contributed by atoms with Gasteiger partial charge in [0.1, 0.15) is 5.78 Å². The molecule has 0 aliphatic heterocycles. The van der Waals surface area contributed by atoms with Crippen molar-refractivity contribution in [2.45, 2.75) is 65.1 Å². The molecule has 0 heterocycles. The highest BCUT2D eigenvalue weighted by Crippen LogP contribution is 2.16. The average molecular weight is 228 g/mol. The first-order valence-corrected chi connectivity index (χ1v) is 5.79. The zero-order valence-electron chi connectivity index (χ0n) is 10.8. The molecule has 0 bridgehead atoms. The van der Waals surface area contributed by atoms with Gasteiger partial charge in [0, 0.05) is 6.42 Å². The highest BCUT2D eigenvalue weighted by Gasteiger charge is 2.23. The first kappa shape index (κ1) is 15.3. The molecule has 0 aromatic rings. The smallest absolute Gasteiger partial charge is 0.130 e. The van der Waals surface area contributed by atoms with Gasteiger partial charge >= 0.3 is 0 Å². The van der Waals surface area contributed by atoms with E-state index in [1.54, 1.807) is 20.8 Å². The second-order valence-electron chi connectivity index (χ2n) is 5.00. The summed E-state index contributed by atoms with van der Waals surface area (Å²) in [6.07, 6.45) is 3.96. The first-order valence-electron chi connectivity index (χ1n) is 5.79. The van der Waals surface area contributed by atoms with Crippen molar-refractivity contribution in [1.82, 2.24) is 0 Å².